The quantitative estimate of drug-likeness (QED) is 0.756. The van der Waals surface area contributed by atoms with Gasteiger partial charge in [-0.1, -0.05) is 17.7 Å². The number of pyridine rings is 1. The Balaban J connectivity index is 2.17. The van der Waals surface area contributed by atoms with Crippen molar-refractivity contribution < 1.29 is 9.42 Å². The number of halogens is 1. The lowest BCUT2D eigenvalue weighted by Gasteiger charge is -2.01. The molecule has 0 aromatic carbocycles. The van der Waals surface area contributed by atoms with Gasteiger partial charge in [-0.05, 0) is 22.4 Å². The standard InChI is InChI=1S/C8H6ClN5O2/c9-4-2-1-3-5(11-4)12-8(15)6-7(10)14-16-13-6/h1-3H,(H2,10,14)(H,11,12,15). The molecule has 82 valence electrons. The highest BCUT2D eigenvalue weighted by atomic mass is 35.5. The minimum atomic E-state index is -0.562. The van der Waals surface area contributed by atoms with Crippen molar-refractivity contribution in [3.63, 3.8) is 0 Å². The van der Waals surface area contributed by atoms with Crippen LogP contribution in [0.2, 0.25) is 5.15 Å². The van der Waals surface area contributed by atoms with Gasteiger partial charge in [-0.2, -0.15) is 0 Å². The van der Waals surface area contributed by atoms with Gasteiger partial charge in [0.2, 0.25) is 11.5 Å². The molecular formula is C8H6ClN5O2. The summed E-state index contributed by atoms with van der Waals surface area (Å²) in [6.07, 6.45) is 0. The highest BCUT2D eigenvalue weighted by molar-refractivity contribution is 6.29. The van der Waals surface area contributed by atoms with Crippen LogP contribution >= 0.6 is 11.6 Å². The number of carbonyl (C=O) groups is 1. The minimum absolute atomic E-state index is 0.0838. The lowest BCUT2D eigenvalue weighted by molar-refractivity contribution is 0.101. The van der Waals surface area contributed by atoms with Crippen molar-refractivity contribution in [1.82, 2.24) is 15.3 Å². The summed E-state index contributed by atoms with van der Waals surface area (Å²) < 4.78 is 4.30. The molecule has 2 aromatic rings. The highest BCUT2D eigenvalue weighted by Crippen LogP contribution is 2.11. The Bertz CT molecular complexity index is 527. The number of nitrogen functional groups attached to an aromatic ring is 1. The zero-order chi connectivity index (χ0) is 11.5. The first-order valence-corrected chi connectivity index (χ1v) is 4.56. The largest absolute Gasteiger partial charge is 0.379 e. The van der Waals surface area contributed by atoms with E-state index in [1.165, 1.54) is 0 Å². The summed E-state index contributed by atoms with van der Waals surface area (Å²) in [5.41, 5.74) is 5.25. The van der Waals surface area contributed by atoms with Crippen molar-refractivity contribution in [1.29, 1.82) is 0 Å². The van der Waals surface area contributed by atoms with Crippen LogP contribution in [0.25, 0.3) is 0 Å². The van der Waals surface area contributed by atoms with Crippen LogP contribution in [0.15, 0.2) is 22.8 Å². The van der Waals surface area contributed by atoms with Crippen molar-refractivity contribution in [2.45, 2.75) is 0 Å². The number of carbonyl (C=O) groups excluding carboxylic acids is 1. The average Bonchev–Trinajstić information content (AvgIpc) is 2.64. The Morgan fingerprint density at radius 3 is 2.88 bits per heavy atom. The average molecular weight is 240 g/mol. The summed E-state index contributed by atoms with van der Waals surface area (Å²) in [5.74, 6) is -0.354. The minimum Gasteiger partial charge on any atom is -0.379 e. The van der Waals surface area contributed by atoms with E-state index < -0.39 is 5.91 Å². The Hall–Kier alpha value is -2.15. The fourth-order valence-corrected chi connectivity index (χ4v) is 1.17. The van der Waals surface area contributed by atoms with Crippen LogP contribution in [-0.2, 0) is 0 Å². The van der Waals surface area contributed by atoms with Crippen molar-refractivity contribution in [2.24, 2.45) is 0 Å². The Kier molecular flexibility index (Phi) is 2.69. The Morgan fingerprint density at radius 1 is 1.44 bits per heavy atom. The summed E-state index contributed by atoms with van der Waals surface area (Å²) in [7, 11) is 0. The van der Waals surface area contributed by atoms with Crippen molar-refractivity contribution >= 4 is 29.1 Å². The van der Waals surface area contributed by atoms with E-state index in [9.17, 15) is 4.79 Å². The number of anilines is 2. The molecule has 0 bridgehead atoms. The van der Waals surface area contributed by atoms with E-state index in [1.807, 2.05) is 0 Å². The van der Waals surface area contributed by atoms with Crippen LogP contribution in [0.4, 0.5) is 11.6 Å². The van der Waals surface area contributed by atoms with E-state index in [0.29, 0.717) is 5.82 Å². The van der Waals surface area contributed by atoms with Gasteiger partial charge in [0, 0.05) is 0 Å². The Morgan fingerprint density at radius 2 is 2.25 bits per heavy atom. The molecule has 0 unspecified atom stereocenters. The molecule has 2 rings (SSSR count). The summed E-state index contributed by atoms with van der Waals surface area (Å²) >= 11 is 5.65. The smallest absolute Gasteiger partial charge is 0.282 e. The van der Waals surface area contributed by atoms with Crippen LogP contribution in [0, 0.1) is 0 Å². The molecule has 0 spiro atoms. The third-order valence-corrected chi connectivity index (χ3v) is 1.90. The van der Waals surface area contributed by atoms with E-state index in [1.54, 1.807) is 18.2 Å². The lowest BCUT2D eigenvalue weighted by atomic mass is 10.4. The third kappa shape index (κ3) is 2.09. The second kappa shape index (κ2) is 4.15. The van der Waals surface area contributed by atoms with E-state index in [4.69, 9.17) is 17.3 Å². The van der Waals surface area contributed by atoms with E-state index >= 15 is 0 Å². The molecule has 16 heavy (non-hydrogen) atoms. The van der Waals surface area contributed by atoms with Crippen molar-refractivity contribution in [3.05, 3.63) is 29.0 Å². The molecule has 3 N–H and O–H groups in total. The van der Waals surface area contributed by atoms with Gasteiger partial charge in [0.05, 0.1) is 0 Å². The Labute approximate surface area is 94.6 Å². The maximum atomic E-state index is 11.6. The molecule has 0 radical (unpaired) electrons. The van der Waals surface area contributed by atoms with Crippen molar-refractivity contribution in [2.75, 3.05) is 11.1 Å². The van der Waals surface area contributed by atoms with Crippen LogP contribution in [-0.4, -0.2) is 21.2 Å². The van der Waals surface area contributed by atoms with E-state index in [2.05, 4.69) is 25.2 Å². The van der Waals surface area contributed by atoms with E-state index in [0.717, 1.165) is 0 Å². The molecule has 0 aliphatic heterocycles. The normalized spacial score (nSPS) is 10.1. The molecule has 1 amide bonds. The van der Waals surface area contributed by atoms with Gasteiger partial charge in [-0.25, -0.2) is 9.61 Å². The van der Waals surface area contributed by atoms with Crippen LogP contribution in [0.5, 0.6) is 0 Å². The number of hydrogen-bond donors (Lipinski definition) is 2. The number of rotatable bonds is 2. The molecule has 8 heteroatoms. The molecule has 2 heterocycles. The van der Waals surface area contributed by atoms with Gasteiger partial charge in [0.25, 0.3) is 5.91 Å². The van der Waals surface area contributed by atoms with Crippen LogP contribution in [0.1, 0.15) is 10.5 Å². The number of nitrogens with zero attached hydrogens (tertiary/aromatic N) is 3. The highest BCUT2D eigenvalue weighted by Gasteiger charge is 2.16. The van der Waals surface area contributed by atoms with E-state index in [-0.39, 0.29) is 16.7 Å². The molecule has 0 aliphatic rings. The zero-order valence-corrected chi connectivity index (χ0v) is 8.60. The maximum absolute atomic E-state index is 11.6. The first-order chi connectivity index (χ1) is 7.66. The molecular weight excluding hydrogens is 234 g/mol. The number of hydrogen-bond acceptors (Lipinski definition) is 6. The van der Waals surface area contributed by atoms with Gasteiger partial charge in [0.1, 0.15) is 11.0 Å². The summed E-state index contributed by atoms with van der Waals surface area (Å²) in [6, 6.07) is 4.81. The number of nitrogens with one attached hydrogen (secondary N) is 1. The third-order valence-electron chi connectivity index (χ3n) is 1.69. The lowest BCUT2D eigenvalue weighted by Crippen LogP contribution is -2.15. The molecule has 0 saturated carbocycles. The fraction of sp³-hybridized carbons (Fsp3) is 0. The number of amides is 1. The predicted octanol–water partition coefficient (Wildman–Crippen LogP) is 0.952. The zero-order valence-electron chi connectivity index (χ0n) is 7.85. The fourth-order valence-electron chi connectivity index (χ4n) is 1.01. The van der Waals surface area contributed by atoms with Gasteiger partial charge < -0.3 is 11.1 Å². The van der Waals surface area contributed by atoms with Crippen LogP contribution < -0.4 is 11.1 Å². The molecule has 7 nitrogen and oxygen atoms in total. The maximum Gasteiger partial charge on any atom is 0.282 e. The topological polar surface area (TPSA) is 107 Å². The summed E-state index contributed by atoms with van der Waals surface area (Å²) in [6.45, 7) is 0. The molecule has 0 fully saturated rings. The molecule has 0 saturated heterocycles. The summed E-state index contributed by atoms with van der Waals surface area (Å²) in [4.78, 5) is 15.4. The molecule has 2 aromatic heterocycles. The first-order valence-electron chi connectivity index (χ1n) is 4.19. The number of aromatic nitrogens is 3. The summed E-state index contributed by atoms with van der Waals surface area (Å²) in [5, 5.41) is 9.35. The van der Waals surface area contributed by atoms with Gasteiger partial charge in [-0.3, -0.25) is 4.79 Å². The number of nitrogens with two attached hydrogens (primary N) is 1. The molecule has 0 aliphatic carbocycles. The van der Waals surface area contributed by atoms with Gasteiger partial charge in [0.15, 0.2) is 0 Å². The van der Waals surface area contributed by atoms with Crippen LogP contribution in [0.3, 0.4) is 0 Å². The first kappa shape index (κ1) is 10.4. The van der Waals surface area contributed by atoms with Gasteiger partial charge in [-0.15, -0.1) is 0 Å². The van der Waals surface area contributed by atoms with Gasteiger partial charge >= 0.3 is 0 Å². The monoisotopic (exact) mass is 239 g/mol. The SMILES string of the molecule is Nc1nonc1C(=O)Nc1cccc(Cl)n1. The predicted molar refractivity (Wildman–Crippen MR) is 55.9 cm³/mol. The second-order valence-corrected chi connectivity index (χ2v) is 3.18. The molecule has 0 atom stereocenters. The van der Waals surface area contributed by atoms with Crippen molar-refractivity contribution in [3.8, 4) is 0 Å². The second-order valence-electron chi connectivity index (χ2n) is 2.80.